The van der Waals surface area contributed by atoms with Gasteiger partial charge in [-0.15, -0.1) is 0 Å². The number of alkyl halides is 3. The van der Waals surface area contributed by atoms with E-state index in [1.165, 1.54) is 4.90 Å². The number of hydrogen-bond acceptors (Lipinski definition) is 5. The summed E-state index contributed by atoms with van der Waals surface area (Å²) in [4.78, 5) is 15.8. The Morgan fingerprint density at radius 1 is 1.52 bits per heavy atom. The van der Waals surface area contributed by atoms with Crippen LogP contribution in [0, 0.1) is 0 Å². The molecule has 0 saturated carbocycles. The van der Waals surface area contributed by atoms with E-state index in [1.807, 2.05) is 30.3 Å². The molecular weight excluding hydrogens is 377 g/mol. The normalized spacial score (nSPS) is 20.6. The average Bonchev–Trinajstić information content (AvgIpc) is 2.89. The smallest absolute Gasteiger partial charge is 0.375 e. The van der Waals surface area contributed by atoms with E-state index in [4.69, 9.17) is 11.6 Å². The maximum Gasteiger partial charge on any atom is 0.441 e. The Balaban J connectivity index is 1.97. The first-order valence-corrected chi connectivity index (χ1v) is 9.17. The Bertz CT molecular complexity index is 594. The maximum absolute atomic E-state index is 12.3. The summed E-state index contributed by atoms with van der Waals surface area (Å²) < 4.78 is 36.6. The van der Waals surface area contributed by atoms with Crippen LogP contribution in [0.4, 0.5) is 13.2 Å². The van der Waals surface area contributed by atoms with Crippen molar-refractivity contribution in [3.05, 3.63) is 24.0 Å². The first-order valence-electron chi connectivity index (χ1n) is 7.80. The number of hydrogen-bond donors (Lipinski definition) is 0. The predicted octanol–water partition coefficient (Wildman–Crippen LogP) is 3.06. The minimum atomic E-state index is -4.33. The molecule has 0 radical (unpaired) electrons. The summed E-state index contributed by atoms with van der Waals surface area (Å²) in [7, 11) is 1.93. The van der Waals surface area contributed by atoms with Crippen LogP contribution in [0.3, 0.4) is 0 Å². The SMILES string of the molecule is CCN(C(=O)CCSC(F)(F)F)C1CN(C2=CC=CN(C)C2)N=C1Cl. The Labute approximate surface area is 154 Å². The number of thioether (sulfide) groups is 1. The minimum Gasteiger partial charge on any atom is -0.375 e. The van der Waals surface area contributed by atoms with Crippen LogP contribution in [-0.2, 0) is 4.79 Å². The highest BCUT2D eigenvalue weighted by Gasteiger charge is 2.35. The van der Waals surface area contributed by atoms with E-state index < -0.39 is 11.6 Å². The van der Waals surface area contributed by atoms with Crippen molar-refractivity contribution >= 4 is 34.4 Å². The molecular formula is C15H20ClF3N4OS. The third-order valence-corrected chi connectivity index (χ3v) is 4.89. The van der Waals surface area contributed by atoms with Crippen LogP contribution >= 0.6 is 23.4 Å². The van der Waals surface area contributed by atoms with Crippen LogP contribution < -0.4 is 0 Å². The molecule has 10 heteroatoms. The molecule has 1 unspecified atom stereocenters. The molecule has 25 heavy (non-hydrogen) atoms. The topological polar surface area (TPSA) is 39.2 Å². The molecule has 0 spiro atoms. The molecule has 0 bridgehead atoms. The van der Waals surface area contributed by atoms with Crippen LogP contribution in [-0.4, -0.2) is 69.9 Å². The molecule has 2 heterocycles. The van der Waals surface area contributed by atoms with E-state index in [2.05, 4.69) is 5.10 Å². The van der Waals surface area contributed by atoms with Gasteiger partial charge >= 0.3 is 5.51 Å². The van der Waals surface area contributed by atoms with E-state index in [1.54, 1.807) is 11.9 Å². The van der Waals surface area contributed by atoms with Gasteiger partial charge in [-0.3, -0.25) is 9.80 Å². The predicted molar refractivity (Wildman–Crippen MR) is 94.2 cm³/mol. The number of hydrazone groups is 1. The Kier molecular flexibility index (Phi) is 6.67. The van der Waals surface area contributed by atoms with Gasteiger partial charge in [-0.1, -0.05) is 23.4 Å². The number of rotatable bonds is 6. The zero-order valence-electron chi connectivity index (χ0n) is 14.0. The number of allylic oxidation sites excluding steroid dienone is 2. The second-order valence-corrected chi connectivity index (χ2v) is 7.21. The van der Waals surface area contributed by atoms with Crippen molar-refractivity contribution in [2.75, 3.05) is 32.4 Å². The van der Waals surface area contributed by atoms with Crippen molar-refractivity contribution in [3.63, 3.8) is 0 Å². The summed E-state index contributed by atoms with van der Waals surface area (Å²) in [6.07, 6.45) is 5.57. The lowest BCUT2D eigenvalue weighted by Crippen LogP contribution is -2.45. The maximum atomic E-state index is 12.3. The molecule has 0 aromatic rings. The van der Waals surface area contributed by atoms with Gasteiger partial charge in [0.2, 0.25) is 5.91 Å². The molecule has 0 aromatic heterocycles. The molecule has 0 N–H and O–H groups in total. The monoisotopic (exact) mass is 396 g/mol. The Hall–Kier alpha value is -1.35. The number of carbonyl (C=O) groups excluding carboxylic acids is 1. The van der Waals surface area contributed by atoms with Gasteiger partial charge < -0.3 is 9.80 Å². The molecule has 2 rings (SSSR count). The number of likely N-dealkylation sites (N-methyl/N-ethyl adjacent to an activating group) is 2. The number of halogens is 4. The van der Waals surface area contributed by atoms with Crippen LogP contribution in [0.15, 0.2) is 29.2 Å². The highest BCUT2D eigenvalue weighted by atomic mass is 35.5. The van der Waals surface area contributed by atoms with Gasteiger partial charge in [-0.05, 0) is 25.3 Å². The molecule has 5 nitrogen and oxygen atoms in total. The van der Waals surface area contributed by atoms with Gasteiger partial charge in [0.15, 0.2) is 5.17 Å². The largest absolute Gasteiger partial charge is 0.441 e. The van der Waals surface area contributed by atoms with Crippen LogP contribution in [0.25, 0.3) is 0 Å². The standard InChI is InChI=1S/C15H20ClF3N4OS/c1-3-22(13(24)6-8-25-15(17,18)19)12-10-23(20-14(12)16)11-5-4-7-21(2)9-11/h4-5,7,12H,3,6,8-10H2,1-2H3. The van der Waals surface area contributed by atoms with Crippen molar-refractivity contribution in [2.45, 2.75) is 24.9 Å². The van der Waals surface area contributed by atoms with Gasteiger partial charge in [-0.25, -0.2) is 0 Å². The van der Waals surface area contributed by atoms with Crippen LogP contribution in [0.5, 0.6) is 0 Å². The zero-order chi connectivity index (χ0) is 18.6. The average molecular weight is 397 g/mol. The molecule has 0 aliphatic carbocycles. The summed E-state index contributed by atoms with van der Waals surface area (Å²) in [5.41, 5.74) is -3.38. The van der Waals surface area contributed by atoms with Crippen LogP contribution in [0.1, 0.15) is 13.3 Å². The summed E-state index contributed by atoms with van der Waals surface area (Å²) in [6, 6.07) is -0.438. The van der Waals surface area contributed by atoms with Gasteiger partial charge in [0, 0.05) is 25.8 Å². The van der Waals surface area contributed by atoms with E-state index in [0.29, 0.717) is 19.6 Å². The van der Waals surface area contributed by atoms with Gasteiger partial charge in [0.1, 0.15) is 6.04 Å². The second kappa shape index (κ2) is 8.35. The lowest BCUT2D eigenvalue weighted by atomic mass is 10.2. The number of amides is 1. The summed E-state index contributed by atoms with van der Waals surface area (Å²) in [5.74, 6) is -0.654. The van der Waals surface area contributed by atoms with E-state index >= 15 is 0 Å². The third-order valence-electron chi connectivity index (χ3n) is 3.83. The lowest BCUT2D eigenvalue weighted by Gasteiger charge is -2.29. The summed E-state index contributed by atoms with van der Waals surface area (Å²) >= 11 is 6.04. The molecule has 0 fully saturated rings. The van der Waals surface area contributed by atoms with Gasteiger partial charge in [-0.2, -0.15) is 18.3 Å². The Morgan fingerprint density at radius 3 is 2.84 bits per heavy atom. The van der Waals surface area contributed by atoms with Crippen molar-refractivity contribution in [3.8, 4) is 0 Å². The van der Waals surface area contributed by atoms with Crippen molar-refractivity contribution in [1.29, 1.82) is 0 Å². The Morgan fingerprint density at radius 2 is 2.24 bits per heavy atom. The van der Waals surface area contributed by atoms with Crippen molar-refractivity contribution < 1.29 is 18.0 Å². The zero-order valence-corrected chi connectivity index (χ0v) is 15.5. The summed E-state index contributed by atoms with van der Waals surface area (Å²) in [5, 5.41) is 6.32. The first-order chi connectivity index (χ1) is 11.7. The number of nitrogens with zero attached hydrogens (tertiary/aromatic N) is 4. The summed E-state index contributed by atoms with van der Waals surface area (Å²) in [6.45, 7) is 3.20. The fourth-order valence-corrected chi connectivity index (χ4v) is 3.45. The minimum absolute atomic E-state index is 0.187. The van der Waals surface area contributed by atoms with E-state index in [0.717, 1.165) is 5.70 Å². The highest BCUT2D eigenvalue weighted by molar-refractivity contribution is 8.00. The molecule has 2 aliphatic heterocycles. The molecule has 140 valence electrons. The quantitative estimate of drug-likeness (QED) is 0.691. The van der Waals surface area contributed by atoms with Crippen molar-refractivity contribution in [1.82, 2.24) is 14.8 Å². The second-order valence-electron chi connectivity index (χ2n) is 5.66. The van der Waals surface area contributed by atoms with E-state index in [9.17, 15) is 18.0 Å². The molecule has 0 aromatic carbocycles. The third kappa shape index (κ3) is 5.57. The highest BCUT2D eigenvalue weighted by Crippen LogP contribution is 2.31. The molecule has 2 aliphatic rings. The lowest BCUT2D eigenvalue weighted by molar-refractivity contribution is -0.131. The van der Waals surface area contributed by atoms with Crippen LogP contribution in [0.2, 0.25) is 0 Å². The van der Waals surface area contributed by atoms with Gasteiger partial charge in [0.25, 0.3) is 0 Å². The molecule has 0 saturated heterocycles. The molecule has 1 atom stereocenters. The number of carbonyl (C=O) groups is 1. The first kappa shape index (κ1) is 20.0. The van der Waals surface area contributed by atoms with E-state index in [-0.39, 0.29) is 35.0 Å². The van der Waals surface area contributed by atoms with Gasteiger partial charge in [0.05, 0.1) is 18.8 Å². The fraction of sp³-hybridized carbons (Fsp3) is 0.600. The fourth-order valence-electron chi connectivity index (χ4n) is 2.67. The van der Waals surface area contributed by atoms with Crippen molar-refractivity contribution in [2.24, 2.45) is 5.10 Å². The molecule has 1 amide bonds.